The minimum absolute atomic E-state index is 0.0380. The second-order valence-electron chi connectivity index (χ2n) is 5.16. The molecule has 116 valence electrons. The van der Waals surface area contributed by atoms with Crippen LogP contribution in [0.15, 0.2) is 55.0 Å². The number of aromatic nitrogens is 3. The van der Waals surface area contributed by atoms with E-state index in [0.29, 0.717) is 12.1 Å². The molecule has 2 heterocycles. The van der Waals surface area contributed by atoms with E-state index in [1.165, 1.54) is 18.5 Å². The monoisotopic (exact) mass is 308 g/mol. The summed E-state index contributed by atoms with van der Waals surface area (Å²) in [5, 5.41) is 16.7. The average molecular weight is 308 g/mol. The Balaban J connectivity index is 1.78. The van der Waals surface area contributed by atoms with E-state index in [-0.39, 0.29) is 11.7 Å². The van der Waals surface area contributed by atoms with Gasteiger partial charge in [-0.2, -0.15) is 5.10 Å². The van der Waals surface area contributed by atoms with Gasteiger partial charge in [0.25, 0.3) is 5.91 Å². The van der Waals surface area contributed by atoms with Crippen LogP contribution in [-0.4, -0.2) is 25.8 Å². The van der Waals surface area contributed by atoms with Crippen LogP contribution in [0.2, 0.25) is 0 Å². The molecule has 0 fully saturated rings. The summed E-state index contributed by atoms with van der Waals surface area (Å²) >= 11 is 0. The lowest BCUT2D eigenvalue weighted by atomic mass is 10.1. The van der Waals surface area contributed by atoms with Crippen molar-refractivity contribution in [2.75, 3.05) is 0 Å². The van der Waals surface area contributed by atoms with Crippen LogP contribution in [0.1, 0.15) is 15.9 Å². The summed E-state index contributed by atoms with van der Waals surface area (Å²) in [5.74, 6) is -0.333. The van der Waals surface area contributed by atoms with Crippen LogP contribution in [0.4, 0.5) is 0 Å². The van der Waals surface area contributed by atoms with Crippen molar-refractivity contribution in [3.8, 4) is 17.0 Å². The molecule has 0 unspecified atom stereocenters. The van der Waals surface area contributed by atoms with Crippen molar-refractivity contribution >= 4 is 5.91 Å². The minimum Gasteiger partial charge on any atom is -0.506 e. The molecule has 6 heteroatoms. The first-order chi connectivity index (χ1) is 11.1. The number of aryl methyl sites for hydroxylation is 1. The molecular formula is C17H16N4O2. The first-order valence-electron chi connectivity index (χ1n) is 7.13. The Morgan fingerprint density at radius 1 is 1.26 bits per heavy atom. The van der Waals surface area contributed by atoms with Gasteiger partial charge in [0.15, 0.2) is 0 Å². The van der Waals surface area contributed by atoms with E-state index in [9.17, 15) is 9.90 Å². The fourth-order valence-corrected chi connectivity index (χ4v) is 2.34. The number of pyridine rings is 1. The smallest absolute Gasteiger partial charge is 0.253 e. The molecule has 6 nitrogen and oxygen atoms in total. The molecule has 0 aliphatic carbocycles. The summed E-state index contributed by atoms with van der Waals surface area (Å²) in [7, 11) is 1.84. The number of amides is 1. The Hall–Kier alpha value is -3.15. The number of hydrogen-bond acceptors (Lipinski definition) is 4. The minimum atomic E-state index is -0.295. The first-order valence-corrected chi connectivity index (χ1v) is 7.13. The number of aromatic hydroxyl groups is 1. The largest absolute Gasteiger partial charge is 0.506 e. The van der Waals surface area contributed by atoms with Crippen LogP contribution < -0.4 is 5.32 Å². The van der Waals surface area contributed by atoms with Crippen molar-refractivity contribution in [3.63, 3.8) is 0 Å². The van der Waals surface area contributed by atoms with Crippen molar-refractivity contribution in [2.45, 2.75) is 6.54 Å². The predicted octanol–water partition coefficient (Wildman–Crippen LogP) is 2.12. The molecule has 2 aromatic heterocycles. The molecular weight excluding hydrogens is 292 g/mol. The van der Waals surface area contributed by atoms with Crippen LogP contribution in [0.3, 0.4) is 0 Å². The van der Waals surface area contributed by atoms with Crippen LogP contribution in [-0.2, 0) is 13.6 Å². The Morgan fingerprint density at radius 3 is 2.78 bits per heavy atom. The quantitative estimate of drug-likeness (QED) is 0.773. The Labute approximate surface area is 133 Å². The van der Waals surface area contributed by atoms with Gasteiger partial charge in [-0.25, -0.2) is 0 Å². The van der Waals surface area contributed by atoms with Crippen molar-refractivity contribution in [1.29, 1.82) is 0 Å². The molecule has 0 aliphatic rings. The van der Waals surface area contributed by atoms with Gasteiger partial charge >= 0.3 is 0 Å². The summed E-state index contributed by atoms with van der Waals surface area (Å²) in [4.78, 5) is 15.9. The lowest BCUT2D eigenvalue weighted by Gasteiger charge is -2.06. The number of rotatable bonds is 4. The van der Waals surface area contributed by atoms with Crippen molar-refractivity contribution in [2.24, 2.45) is 7.05 Å². The average Bonchev–Trinajstić information content (AvgIpc) is 2.94. The van der Waals surface area contributed by atoms with Crippen LogP contribution in [0.5, 0.6) is 5.75 Å². The molecule has 0 spiro atoms. The second-order valence-corrected chi connectivity index (χ2v) is 5.16. The molecule has 0 saturated carbocycles. The van der Waals surface area contributed by atoms with Crippen molar-refractivity contribution in [3.05, 3.63) is 66.1 Å². The van der Waals surface area contributed by atoms with Crippen LogP contribution in [0, 0.1) is 0 Å². The van der Waals surface area contributed by atoms with E-state index >= 15 is 0 Å². The van der Waals surface area contributed by atoms with E-state index in [0.717, 1.165) is 16.8 Å². The second kappa shape index (κ2) is 6.31. The molecule has 3 aromatic rings. The maximum atomic E-state index is 12.1. The molecule has 3 rings (SSSR count). The highest BCUT2D eigenvalue weighted by atomic mass is 16.3. The fourth-order valence-electron chi connectivity index (χ4n) is 2.34. The summed E-state index contributed by atoms with van der Waals surface area (Å²) < 4.78 is 1.72. The Bertz CT molecular complexity index is 828. The van der Waals surface area contributed by atoms with Gasteiger partial charge in [0, 0.05) is 37.1 Å². The molecule has 1 aromatic carbocycles. The number of nitrogens with one attached hydrogen (secondary N) is 1. The predicted molar refractivity (Wildman–Crippen MR) is 85.7 cm³/mol. The van der Waals surface area contributed by atoms with E-state index < -0.39 is 0 Å². The van der Waals surface area contributed by atoms with Crippen molar-refractivity contribution in [1.82, 2.24) is 20.1 Å². The zero-order chi connectivity index (χ0) is 16.2. The van der Waals surface area contributed by atoms with Gasteiger partial charge in [-0.15, -0.1) is 0 Å². The van der Waals surface area contributed by atoms with Crippen molar-refractivity contribution < 1.29 is 9.90 Å². The number of carbonyl (C=O) groups excluding carboxylic acids is 1. The third-order valence-electron chi connectivity index (χ3n) is 3.38. The highest BCUT2D eigenvalue weighted by Crippen LogP contribution is 2.21. The number of nitrogens with zero attached hydrogens (tertiary/aromatic N) is 3. The summed E-state index contributed by atoms with van der Waals surface area (Å²) in [6.07, 6.45) is 4.57. The normalized spacial score (nSPS) is 10.5. The van der Waals surface area contributed by atoms with E-state index in [1.54, 1.807) is 4.68 Å². The van der Waals surface area contributed by atoms with Gasteiger partial charge in [-0.05, 0) is 6.07 Å². The highest BCUT2D eigenvalue weighted by Gasteiger charge is 2.12. The molecule has 0 radical (unpaired) electrons. The third-order valence-corrected chi connectivity index (χ3v) is 3.38. The van der Waals surface area contributed by atoms with E-state index in [4.69, 9.17) is 0 Å². The SMILES string of the molecule is Cn1cc(CNC(=O)c2cncc(O)c2)c(-c2ccccc2)n1. The molecule has 0 bridgehead atoms. The molecule has 0 aliphatic heterocycles. The standard InChI is InChI=1S/C17H16N4O2/c1-21-11-14(16(20-21)12-5-3-2-4-6-12)9-19-17(23)13-7-15(22)10-18-8-13/h2-8,10-11,22H,9H2,1H3,(H,19,23). The molecule has 0 saturated heterocycles. The van der Waals surface area contributed by atoms with Crippen LogP contribution in [0.25, 0.3) is 11.3 Å². The fraction of sp³-hybridized carbons (Fsp3) is 0.118. The molecule has 1 amide bonds. The highest BCUT2D eigenvalue weighted by molar-refractivity contribution is 5.94. The maximum absolute atomic E-state index is 12.1. The van der Waals surface area contributed by atoms with E-state index in [2.05, 4.69) is 15.4 Å². The van der Waals surface area contributed by atoms with E-state index in [1.807, 2.05) is 43.6 Å². The van der Waals surface area contributed by atoms with Crippen LogP contribution >= 0.6 is 0 Å². The maximum Gasteiger partial charge on any atom is 0.253 e. The zero-order valence-electron chi connectivity index (χ0n) is 12.6. The number of hydrogen-bond donors (Lipinski definition) is 2. The van der Waals surface area contributed by atoms with Gasteiger partial charge in [0.05, 0.1) is 17.5 Å². The molecule has 0 atom stereocenters. The Morgan fingerprint density at radius 2 is 2.04 bits per heavy atom. The van der Waals surface area contributed by atoms with Gasteiger partial charge in [0.2, 0.25) is 0 Å². The lowest BCUT2D eigenvalue weighted by molar-refractivity contribution is 0.0950. The summed E-state index contributed by atoms with van der Waals surface area (Å²) in [6.45, 7) is 0.340. The lowest BCUT2D eigenvalue weighted by Crippen LogP contribution is -2.23. The number of benzene rings is 1. The van der Waals surface area contributed by atoms with Gasteiger partial charge in [-0.1, -0.05) is 30.3 Å². The summed E-state index contributed by atoms with van der Waals surface area (Å²) in [6, 6.07) is 11.2. The Kier molecular flexibility index (Phi) is 4.05. The zero-order valence-corrected chi connectivity index (χ0v) is 12.6. The molecule has 23 heavy (non-hydrogen) atoms. The summed E-state index contributed by atoms with van der Waals surface area (Å²) in [5.41, 5.74) is 3.06. The first kappa shape index (κ1) is 14.8. The van der Waals surface area contributed by atoms with Gasteiger partial charge in [0.1, 0.15) is 5.75 Å². The molecule has 2 N–H and O–H groups in total. The third kappa shape index (κ3) is 3.37. The van der Waals surface area contributed by atoms with Gasteiger partial charge < -0.3 is 10.4 Å². The number of carbonyl (C=O) groups is 1. The topological polar surface area (TPSA) is 80.0 Å². The van der Waals surface area contributed by atoms with Gasteiger partial charge in [-0.3, -0.25) is 14.5 Å².